The van der Waals surface area contributed by atoms with Gasteiger partial charge in [-0.15, -0.1) is 0 Å². The summed E-state index contributed by atoms with van der Waals surface area (Å²) in [6.07, 6.45) is 0. The first kappa shape index (κ1) is 19.7. The van der Waals surface area contributed by atoms with Crippen LogP contribution >= 0.6 is 0 Å². The van der Waals surface area contributed by atoms with Gasteiger partial charge in [0.1, 0.15) is 5.75 Å². The Kier molecular flexibility index (Phi) is 6.59. The molecule has 0 aliphatic heterocycles. The zero-order valence-electron chi connectivity index (χ0n) is 15.0. The Labute approximate surface area is 154 Å². The summed E-state index contributed by atoms with van der Waals surface area (Å²) in [6.45, 7) is 1.24. The van der Waals surface area contributed by atoms with E-state index >= 15 is 0 Å². The fourth-order valence-corrected chi connectivity index (χ4v) is 3.28. The van der Waals surface area contributed by atoms with Crippen molar-refractivity contribution in [1.82, 2.24) is 10.2 Å². The van der Waals surface area contributed by atoms with E-state index in [1.807, 2.05) is 19.0 Å². The number of methoxy groups -OCH3 is 1. The van der Waals surface area contributed by atoms with Crippen molar-refractivity contribution in [3.05, 3.63) is 54.1 Å². The Morgan fingerprint density at radius 2 is 1.73 bits per heavy atom. The predicted octanol–water partition coefficient (Wildman–Crippen LogP) is 1.79. The van der Waals surface area contributed by atoms with Gasteiger partial charge in [0, 0.05) is 18.7 Å². The normalized spacial score (nSPS) is 11.2. The molecule has 0 unspecified atom stereocenters. The topological polar surface area (TPSA) is 87.7 Å². The molecule has 0 heterocycles. The Balaban J connectivity index is 2.10. The molecule has 140 valence electrons. The van der Waals surface area contributed by atoms with Crippen LogP contribution in [0.1, 0.15) is 10.4 Å². The maximum atomic E-state index is 12.5. The molecule has 26 heavy (non-hydrogen) atoms. The van der Waals surface area contributed by atoms with Gasteiger partial charge in [0.2, 0.25) is 0 Å². The molecule has 1 amide bonds. The highest BCUT2D eigenvalue weighted by Crippen LogP contribution is 2.26. The molecule has 0 bridgehead atoms. The van der Waals surface area contributed by atoms with Crippen LogP contribution < -0.4 is 14.8 Å². The standard InChI is InChI=1S/C18H23N3O4S/c1-21(2)13-12-19-18(22)14-8-10-15(11-9-14)26(23,24)20-16-6-4-5-7-17(16)25-3/h4-11,20H,12-13H2,1-3H3,(H,19,22). The van der Waals surface area contributed by atoms with Crippen molar-refractivity contribution >= 4 is 21.6 Å². The van der Waals surface area contributed by atoms with Crippen LogP contribution in [0.3, 0.4) is 0 Å². The van der Waals surface area contributed by atoms with Crippen molar-refractivity contribution in [2.45, 2.75) is 4.90 Å². The summed E-state index contributed by atoms with van der Waals surface area (Å²) in [5, 5.41) is 2.78. The molecule has 7 nitrogen and oxygen atoms in total. The second-order valence-electron chi connectivity index (χ2n) is 5.89. The first-order valence-electron chi connectivity index (χ1n) is 8.02. The first-order chi connectivity index (χ1) is 12.3. The maximum absolute atomic E-state index is 12.5. The van der Waals surface area contributed by atoms with E-state index in [0.717, 1.165) is 6.54 Å². The molecular weight excluding hydrogens is 354 g/mol. The summed E-state index contributed by atoms with van der Waals surface area (Å²) in [7, 11) is 1.52. The fraction of sp³-hybridized carbons (Fsp3) is 0.278. The molecule has 2 aromatic rings. The number of anilines is 1. The lowest BCUT2D eigenvalue weighted by molar-refractivity contribution is 0.0951. The van der Waals surface area contributed by atoms with E-state index in [1.54, 1.807) is 24.3 Å². The quantitative estimate of drug-likeness (QED) is 0.732. The SMILES string of the molecule is COc1ccccc1NS(=O)(=O)c1ccc(C(=O)NCCN(C)C)cc1. The van der Waals surface area contributed by atoms with E-state index in [2.05, 4.69) is 10.0 Å². The lowest BCUT2D eigenvalue weighted by atomic mass is 10.2. The lowest BCUT2D eigenvalue weighted by Gasteiger charge is -2.12. The zero-order chi connectivity index (χ0) is 19.2. The number of benzene rings is 2. The van der Waals surface area contributed by atoms with E-state index < -0.39 is 10.0 Å². The molecule has 0 aromatic heterocycles. The van der Waals surface area contributed by atoms with Crippen LogP contribution in [-0.4, -0.2) is 53.5 Å². The van der Waals surface area contributed by atoms with Crippen LogP contribution in [0.4, 0.5) is 5.69 Å². The van der Waals surface area contributed by atoms with Crippen LogP contribution in [0.5, 0.6) is 5.75 Å². The van der Waals surface area contributed by atoms with Crippen LogP contribution in [0.2, 0.25) is 0 Å². The molecule has 0 spiro atoms. The minimum atomic E-state index is -3.78. The smallest absolute Gasteiger partial charge is 0.262 e. The number of nitrogens with zero attached hydrogens (tertiary/aromatic N) is 1. The molecule has 0 fully saturated rings. The number of rotatable bonds is 8. The number of para-hydroxylation sites is 2. The molecule has 8 heteroatoms. The Morgan fingerprint density at radius 3 is 2.35 bits per heavy atom. The molecule has 2 rings (SSSR count). The van der Waals surface area contributed by atoms with Gasteiger partial charge in [-0.1, -0.05) is 12.1 Å². The number of carbonyl (C=O) groups is 1. The zero-order valence-corrected chi connectivity index (χ0v) is 15.8. The second-order valence-corrected chi connectivity index (χ2v) is 7.57. The predicted molar refractivity (Wildman–Crippen MR) is 101 cm³/mol. The van der Waals surface area contributed by atoms with E-state index in [-0.39, 0.29) is 10.8 Å². The summed E-state index contributed by atoms with van der Waals surface area (Å²) in [6, 6.07) is 12.5. The summed E-state index contributed by atoms with van der Waals surface area (Å²) in [5.41, 5.74) is 0.750. The van der Waals surface area contributed by atoms with Gasteiger partial charge in [-0.05, 0) is 50.5 Å². The van der Waals surface area contributed by atoms with Gasteiger partial charge in [0.15, 0.2) is 0 Å². The Morgan fingerprint density at radius 1 is 1.08 bits per heavy atom. The molecule has 0 saturated carbocycles. The van der Waals surface area contributed by atoms with Crippen molar-refractivity contribution in [3.63, 3.8) is 0 Å². The van der Waals surface area contributed by atoms with Crippen LogP contribution in [0.25, 0.3) is 0 Å². The first-order valence-corrected chi connectivity index (χ1v) is 9.50. The van der Waals surface area contributed by atoms with Crippen LogP contribution in [-0.2, 0) is 10.0 Å². The second kappa shape index (κ2) is 8.68. The molecule has 0 saturated heterocycles. The average Bonchev–Trinajstić information content (AvgIpc) is 2.61. The minimum absolute atomic E-state index is 0.0632. The molecule has 0 aliphatic carbocycles. The molecule has 0 aliphatic rings. The monoisotopic (exact) mass is 377 g/mol. The Hall–Kier alpha value is -2.58. The van der Waals surface area contributed by atoms with Crippen LogP contribution in [0, 0.1) is 0 Å². The van der Waals surface area contributed by atoms with Crippen molar-refractivity contribution in [3.8, 4) is 5.75 Å². The van der Waals surface area contributed by atoms with Gasteiger partial charge in [0.25, 0.3) is 15.9 Å². The molecule has 0 atom stereocenters. The summed E-state index contributed by atoms with van der Waals surface area (Å²) >= 11 is 0. The highest BCUT2D eigenvalue weighted by molar-refractivity contribution is 7.92. The van der Waals surface area contributed by atoms with E-state index in [0.29, 0.717) is 23.5 Å². The van der Waals surface area contributed by atoms with Crippen molar-refractivity contribution in [1.29, 1.82) is 0 Å². The van der Waals surface area contributed by atoms with Gasteiger partial charge in [-0.2, -0.15) is 0 Å². The highest BCUT2D eigenvalue weighted by Gasteiger charge is 2.17. The third-order valence-electron chi connectivity index (χ3n) is 3.62. The van der Waals surface area contributed by atoms with Crippen LogP contribution in [0.15, 0.2) is 53.4 Å². The van der Waals surface area contributed by atoms with Crippen molar-refractivity contribution in [2.75, 3.05) is 39.0 Å². The van der Waals surface area contributed by atoms with Crippen molar-refractivity contribution in [2.24, 2.45) is 0 Å². The van der Waals surface area contributed by atoms with Gasteiger partial charge >= 0.3 is 0 Å². The fourth-order valence-electron chi connectivity index (χ4n) is 2.21. The third-order valence-corrected chi connectivity index (χ3v) is 5.00. The number of likely N-dealkylation sites (N-methyl/N-ethyl adjacent to an activating group) is 1. The number of hydrogen-bond acceptors (Lipinski definition) is 5. The maximum Gasteiger partial charge on any atom is 0.262 e. The van der Waals surface area contributed by atoms with Gasteiger partial charge in [-0.3, -0.25) is 9.52 Å². The number of carbonyl (C=O) groups excluding carboxylic acids is 1. The molecule has 2 aromatic carbocycles. The number of nitrogens with one attached hydrogen (secondary N) is 2. The minimum Gasteiger partial charge on any atom is -0.495 e. The van der Waals surface area contributed by atoms with Gasteiger partial charge < -0.3 is 15.0 Å². The average molecular weight is 377 g/mol. The Bertz CT molecular complexity index is 849. The molecular formula is C18H23N3O4S. The number of sulfonamides is 1. The molecule has 0 radical (unpaired) electrons. The highest BCUT2D eigenvalue weighted by atomic mass is 32.2. The van der Waals surface area contributed by atoms with E-state index in [4.69, 9.17) is 4.74 Å². The number of hydrogen-bond donors (Lipinski definition) is 2. The summed E-state index contributed by atoms with van der Waals surface area (Å²) in [5.74, 6) is 0.182. The lowest BCUT2D eigenvalue weighted by Crippen LogP contribution is -2.31. The van der Waals surface area contributed by atoms with Crippen molar-refractivity contribution < 1.29 is 17.9 Å². The van der Waals surface area contributed by atoms with Gasteiger partial charge in [0.05, 0.1) is 17.7 Å². The van der Waals surface area contributed by atoms with E-state index in [1.165, 1.54) is 31.4 Å². The summed E-state index contributed by atoms with van der Waals surface area (Å²) in [4.78, 5) is 14.1. The summed E-state index contributed by atoms with van der Waals surface area (Å²) < 4.78 is 32.7. The third kappa shape index (κ3) is 5.21. The molecule has 2 N–H and O–H groups in total. The van der Waals surface area contributed by atoms with E-state index in [9.17, 15) is 13.2 Å². The number of amides is 1. The largest absolute Gasteiger partial charge is 0.495 e. The number of ether oxygens (including phenoxy) is 1. The van der Waals surface area contributed by atoms with Gasteiger partial charge in [-0.25, -0.2) is 8.42 Å².